The van der Waals surface area contributed by atoms with Crippen molar-refractivity contribution in [1.29, 1.82) is 0 Å². The summed E-state index contributed by atoms with van der Waals surface area (Å²) in [4.78, 5) is 12.1. The highest BCUT2D eigenvalue weighted by molar-refractivity contribution is 9.10. The zero-order valence-corrected chi connectivity index (χ0v) is 13.7. The zero-order chi connectivity index (χ0) is 15.2. The van der Waals surface area contributed by atoms with Crippen molar-refractivity contribution in [2.75, 3.05) is 0 Å². The van der Waals surface area contributed by atoms with Crippen molar-refractivity contribution in [3.63, 3.8) is 0 Å². The lowest BCUT2D eigenvalue weighted by Crippen LogP contribution is -2.23. The van der Waals surface area contributed by atoms with E-state index in [1.54, 1.807) is 6.07 Å². The van der Waals surface area contributed by atoms with Gasteiger partial charge >= 0.3 is 0 Å². The van der Waals surface area contributed by atoms with E-state index in [0.29, 0.717) is 12.1 Å². The SMILES string of the molecule is CC(C)Oc1ccc(CNC(=O)c2ccccc2Br)cc1. The Morgan fingerprint density at radius 1 is 1.14 bits per heavy atom. The standard InChI is InChI=1S/C17H18BrNO2/c1-12(2)21-14-9-7-13(8-10-14)11-19-17(20)15-5-3-4-6-16(15)18/h3-10,12H,11H2,1-2H3,(H,19,20). The van der Waals surface area contributed by atoms with Crippen LogP contribution in [0, 0.1) is 0 Å². The maximum Gasteiger partial charge on any atom is 0.252 e. The van der Waals surface area contributed by atoms with Crippen LogP contribution in [0.25, 0.3) is 0 Å². The minimum absolute atomic E-state index is 0.0926. The van der Waals surface area contributed by atoms with E-state index in [9.17, 15) is 4.79 Å². The Hall–Kier alpha value is -1.81. The number of halogens is 1. The first kappa shape index (κ1) is 15.6. The first-order chi connectivity index (χ1) is 10.1. The molecule has 0 bridgehead atoms. The van der Waals surface area contributed by atoms with Gasteiger partial charge in [0.15, 0.2) is 0 Å². The smallest absolute Gasteiger partial charge is 0.252 e. The van der Waals surface area contributed by atoms with E-state index in [1.807, 2.05) is 56.3 Å². The van der Waals surface area contributed by atoms with Gasteiger partial charge in [0.25, 0.3) is 5.91 Å². The van der Waals surface area contributed by atoms with Gasteiger partial charge in [-0.3, -0.25) is 4.79 Å². The molecular formula is C17H18BrNO2. The predicted octanol–water partition coefficient (Wildman–Crippen LogP) is 4.17. The molecule has 2 aromatic carbocycles. The number of carbonyl (C=O) groups excluding carboxylic acids is 1. The Morgan fingerprint density at radius 3 is 2.43 bits per heavy atom. The summed E-state index contributed by atoms with van der Waals surface area (Å²) in [5, 5.41) is 2.91. The molecule has 0 saturated heterocycles. The summed E-state index contributed by atoms with van der Waals surface area (Å²) < 4.78 is 6.38. The van der Waals surface area contributed by atoms with Gasteiger partial charge in [0, 0.05) is 11.0 Å². The van der Waals surface area contributed by atoms with Crippen LogP contribution in [-0.4, -0.2) is 12.0 Å². The van der Waals surface area contributed by atoms with E-state index in [0.717, 1.165) is 15.8 Å². The third-order valence-corrected chi connectivity index (χ3v) is 3.56. The molecular weight excluding hydrogens is 330 g/mol. The van der Waals surface area contributed by atoms with Crippen molar-refractivity contribution in [1.82, 2.24) is 5.32 Å². The molecule has 0 atom stereocenters. The number of amides is 1. The van der Waals surface area contributed by atoms with Crippen LogP contribution in [0.5, 0.6) is 5.75 Å². The van der Waals surface area contributed by atoms with Crippen LogP contribution in [0.2, 0.25) is 0 Å². The molecule has 2 aromatic rings. The molecule has 0 spiro atoms. The fourth-order valence-corrected chi connectivity index (χ4v) is 2.35. The molecule has 4 heteroatoms. The topological polar surface area (TPSA) is 38.3 Å². The molecule has 2 rings (SSSR count). The van der Waals surface area contributed by atoms with Gasteiger partial charge in [0.1, 0.15) is 5.75 Å². The summed E-state index contributed by atoms with van der Waals surface area (Å²) in [6.07, 6.45) is 0.158. The Balaban J connectivity index is 1.94. The minimum atomic E-state index is -0.0926. The van der Waals surface area contributed by atoms with E-state index >= 15 is 0 Å². The molecule has 1 N–H and O–H groups in total. The van der Waals surface area contributed by atoms with E-state index in [2.05, 4.69) is 21.2 Å². The van der Waals surface area contributed by atoms with Crippen molar-refractivity contribution in [3.05, 3.63) is 64.1 Å². The predicted molar refractivity (Wildman–Crippen MR) is 87.5 cm³/mol. The molecule has 0 heterocycles. The maximum atomic E-state index is 12.1. The molecule has 3 nitrogen and oxygen atoms in total. The molecule has 0 fully saturated rings. The van der Waals surface area contributed by atoms with Crippen LogP contribution in [0.3, 0.4) is 0 Å². The molecule has 0 unspecified atom stereocenters. The summed E-state index contributed by atoms with van der Waals surface area (Å²) in [6, 6.07) is 15.1. The molecule has 21 heavy (non-hydrogen) atoms. The summed E-state index contributed by atoms with van der Waals surface area (Å²) in [5.41, 5.74) is 1.67. The zero-order valence-electron chi connectivity index (χ0n) is 12.1. The number of hydrogen-bond donors (Lipinski definition) is 1. The number of rotatable bonds is 5. The van der Waals surface area contributed by atoms with E-state index < -0.39 is 0 Å². The minimum Gasteiger partial charge on any atom is -0.491 e. The van der Waals surface area contributed by atoms with Gasteiger partial charge in [-0.05, 0) is 59.6 Å². The highest BCUT2D eigenvalue weighted by atomic mass is 79.9. The second-order valence-electron chi connectivity index (χ2n) is 4.97. The number of nitrogens with one attached hydrogen (secondary N) is 1. The lowest BCUT2D eigenvalue weighted by atomic mass is 10.2. The summed E-state index contributed by atoms with van der Waals surface area (Å²) in [5.74, 6) is 0.746. The Morgan fingerprint density at radius 2 is 1.81 bits per heavy atom. The van der Waals surface area contributed by atoms with Gasteiger partial charge < -0.3 is 10.1 Å². The summed E-state index contributed by atoms with van der Waals surface area (Å²) in [6.45, 7) is 4.47. The largest absolute Gasteiger partial charge is 0.491 e. The molecule has 0 radical (unpaired) electrons. The van der Waals surface area contributed by atoms with Crippen molar-refractivity contribution < 1.29 is 9.53 Å². The van der Waals surface area contributed by atoms with Gasteiger partial charge in [-0.1, -0.05) is 24.3 Å². The summed E-state index contributed by atoms with van der Waals surface area (Å²) in [7, 11) is 0. The van der Waals surface area contributed by atoms with E-state index in [-0.39, 0.29) is 12.0 Å². The van der Waals surface area contributed by atoms with Gasteiger partial charge in [-0.25, -0.2) is 0 Å². The lowest BCUT2D eigenvalue weighted by Gasteiger charge is -2.11. The number of ether oxygens (including phenoxy) is 1. The third kappa shape index (κ3) is 4.60. The Kier molecular flexibility index (Phi) is 5.39. The molecule has 110 valence electrons. The van der Waals surface area contributed by atoms with Crippen LogP contribution in [0.15, 0.2) is 53.0 Å². The molecule has 0 aliphatic heterocycles. The quantitative estimate of drug-likeness (QED) is 0.881. The van der Waals surface area contributed by atoms with Crippen LogP contribution < -0.4 is 10.1 Å². The molecule has 0 aliphatic rings. The van der Waals surface area contributed by atoms with E-state index in [1.165, 1.54) is 0 Å². The first-order valence-electron chi connectivity index (χ1n) is 6.84. The van der Waals surface area contributed by atoms with Gasteiger partial charge in [0.05, 0.1) is 11.7 Å². The monoisotopic (exact) mass is 347 g/mol. The van der Waals surface area contributed by atoms with Gasteiger partial charge in [0.2, 0.25) is 0 Å². The number of carbonyl (C=O) groups is 1. The van der Waals surface area contributed by atoms with Crippen molar-refractivity contribution in [2.45, 2.75) is 26.5 Å². The number of benzene rings is 2. The third-order valence-electron chi connectivity index (χ3n) is 2.87. The first-order valence-corrected chi connectivity index (χ1v) is 7.64. The molecule has 1 amide bonds. The van der Waals surface area contributed by atoms with Crippen molar-refractivity contribution in [2.24, 2.45) is 0 Å². The van der Waals surface area contributed by atoms with E-state index in [4.69, 9.17) is 4.74 Å². The fraction of sp³-hybridized carbons (Fsp3) is 0.235. The van der Waals surface area contributed by atoms with Crippen molar-refractivity contribution in [3.8, 4) is 5.75 Å². The normalized spacial score (nSPS) is 10.5. The molecule has 0 aromatic heterocycles. The Bertz CT molecular complexity index is 608. The van der Waals surface area contributed by atoms with Crippen LogP contribution in [0.1, 0.15) is 29.8 Å². The van der Waals surface area contributed by atoms with Gasteiger partial charge in [-0.2, -0.15) is 0 Å². The van der Waals surface area contributed by atoms with Crippen LogP contribution in [-0.2, 0) is 6.54 Å². The highest BCUT2D eigenvalue weighted by Gasteiger charge is 2.08. The highest BCUT2D eigenvalue weighted by Crippen LogP contribution is 2.16. The van der Waals surface area contributed by atoms with Crippen LogP contribution >= 0.6 is 15.9 Å². The van der Waals surface area contributed by atoms with Gasteiger partial charge in [-0.15, -0.1) is 0 Å². The van der Waals surface area contributed by atoms with Crippen molar-refractivity contribution >= 4 is 21.8 Å². The average Bonchev–Trinajstić information content (AvgIpc) is 2.46. The average molecular weight is 348 g/mol. The molecule has 0 saturated carbocycles. The number of hydrogen-bond acceptors (Lipinski definition) is 2. The maximum absolute atomic E-state index is 12.1. The lowest BCUT2D eigenvalue weighted by molar-refractivity contribution is 0.0950. The second-order valence-corrected chi connectivity index (χ2v) is 5.83. The second kappa shape index (κ2) is 7.27. The Labute approximate surface area is 133 Å². The summed E-state index contributed by atoms with van der Waals surface area (Å²) >= 11 is 3.38. The van der Waals surface area contributed by atoms with Crippen LogP contribution in [0.4, 0.5) is 0 Å². The fourth-order valence-electron chi connectivity index (χ4n) is 1.88. The molecule has 0 aliphatic carbocycles.